The summed E-state index contributed by atoms with van der Waals surface area (Å²) < 4.78 is 0. The second-order valence-electron chi connectivity index (χ2n) is 4.29. The van der Waals surface area contributed by atoms with Crippen LogP contribution in [0.15, 0.2) is 0 Å². The van der Waals surface area contributed by atoms with Crippen molar-refractivity contribution in [3.8, 4) is 6.07 Å². The second kappa shape index (κ2) is 5.13. The zero-order valence-corrected chi connectivity index (χ0v) is 9.12. The van der Waals surface area contributed by atoms with E-state index in [0.29, 0.717) is 19.3 Å². The first-order valence-corrected chi connectivity index (χ1v) is 5.48. The lowest BCUT2D eigenvalue weighted by atomic mass is 9.69. The average molecular weight is 210 g/mol. The fourth-order valence-electron chi connectivity index (χ4n) is 1.75. The first-order chi connectivity index (χ1) is 7.14. The average Bonchev–Trinajstić information content (AvgIpc) is 2.13. The Labute approximate surface area is 90.3 Å². The number of amides is 1. The molecule has 0 aromatic carbocycles. The molecule has 0 aromatic heterocycles. The van der Waals surface area contributed by atoms with Crippen LogP contribution < -0.4 is 5.32 Å². The van der Waals surface area contributed by atoms with E-state index in [1.807, 2.05) is 6.92 Å². The van der Waals surface area contributed by atoms with Crippen LogP contribution in [0.3, 0.4) is 0 Å². The van der Waals surface area contributed by atoms with Crippen LogP contribution in [-0.4, -0.2) is 23.7 Å². The summed E-state index contributed by atoms with van der Waals surface area (Å²) in [7, 11) is 0. The lowest BCUT2D eigenvalue weighted by Gasteiger charge is -2.34. The molecule has 1 amide bonds. The topological polar surface area (TPSA) is 73.1 Å². The Balaban J connectivity index is 2.38. The number of carbonyl (C=O) groups excluding carboxylic acids is 1. The Morgan fingerprint density at radius 1 is 1.67 bits per heavy atom. The maximum atomic E-state index is 11.8. The summed E-state index contributed by atoms with van der Waals surface area (Å²) >= 11 is 0. The van der Waals surface area contributed by atoms with Crippen molar-refractivity contribution >= 4 is 5.91 Å². The van der Waals surface area contributed by atoms with Crippen molar-refractivity contribution < 1.29 is 9.90 Å². The summed E-state index contributed by atoms with van der Waals surface area (Å²) in [5.74, 6) is -0.137. The zero-order valence-electron chi connectivity index (χ0n) is 9.12. The Morgan fingerprint density at radius 3 is 2.73 bits per heavy atom. The van der Waals surface area contributed by atoms with Crippen molar-refractivity contribution in [3.05, 3.63) is 0 Å². The summed E-state index contributed by atoms with van der Waals surface area (Å²) in [4.78, 5) is 11.8. The largest absolute Gasteiger partial charge is 0.396 e. The number of hydrogen-bond donors (Lipinski definition) is 2. The van der Waals surface area contributed by atoms with Crippen LogP contribution >= 0.6 is 0 Å². The Morgan fingerprint density at radius 2 is 2.33 bits per heavy atom. The molecule has 1 fully saturated rings. The number of nitriles is 1. The molecule has 0 radical (unpaired) electrons. The molecule has 0 saturated heterocycles. The normalized spacial score (nSPS) is 19.8. The van der Waals surface area contributed by atoms with Gasteiger partial charge in [-0.1, -0.05) is 0 Å². The molecule has 1 unspecified atom stereocenters. The lowest BCUT2D eigenvalue weighted by molar-refractivity contribution is -0.132. The van der Waals surface area contributed by atoms with E-state index in [0.717, 1.165) is 12.8 Å². The highest BCUT2D eigenvalue weighted by Crippen LogP contribution is 2.40. The number of rotatable bonds is 5. The summed E-state index contributed by atoms with van der Waals surface area (Å²) in [5.41, 5.74) is -0.756. The molecular weight excluding hydrogens is 192 g/mol. The van der Waals surface area contributed by atoms with Gasteiger partial charge < -0.3 is 10.4 Å². The van der Waals surface area contributed by atoms with E-state index in [-0.39, 0.29) is 18.6 Å². The summed E-state index contributed by atoms with van der Waals surface area (Å²) in [5, 5.41) is 20.4. The maximum Gasteiger partial charge on any atom is 0.240 e. The van der Waals surface area contributed by atoms with Crippen molar-refractivity contribution in [2.24, 2.45) is 5.41 Å². The minimum absolute atomic E-state index is 0.0375. The van der Waals surface area contributed by atoms with Crippen LogP contribution in [-0.2, 0) is 4.79 Å². The standard InChI is InChI=1S/C11H18N2O2/c1-9(4-2-7-14)13-10(15)11(8-12)5-3-6-11/h9,14H,2-7H2,1H3,(H,13,15). The van der Waals surface area contributed by atoms with E-state index in [2.05, 4.69) is 11.4 Å². The molecule has 4 nitrogen and oxygen atoms in total. The third-order valence-corrected chi connectivity index (χ3v) is 3.03. The smallest absolute Gasteiger partial charge is 0.240 e. The highest BCUT2D eigenvalue weighted by molar-refractivity contribution is 5.86. The predicted octanol–water partition coefficient (Wildman–Crippen LogP) is 0.957. The fourth-order valence-corrected chi connectivity index (χ4v) is 1.75. The van der Waals surface area contributed by atoms with E-state index in [1.54, 1.807) is 0 Å². The van der Waals surface area contributed by atoms with Crippen molar-refractivity contribution in [3.63, 3.8) is 0 Å². The first kappa shape index (κ1) is 12.0. The lowest BCUT2D eigenvalue weighted by Crippen LogP contribution is -2.47. The molecule has 0 aromatic rings. The minimum Gasteiger partial charge on any atom is -0.396 e. The van der Waals surface area contributed by atoms with Gasteiger partial charge in [-0.25, -0.2) is 0 Å². The SMILES string of the molecule is CC(CCCO)NC(=O)C1(C#N)CCC1. The van der Waals surface area contributed by atoms with Gasteiger partial charge in [-0.05, 0) is 39.0 Å². The monoisotopic (exact) mass is 210 g/mol. The summed E-state index contributed by atoms with van der Waals surface area (Å²) in [6.07, 6.45) is 3.76. The summed E-state index contributed by atoms with van der Waals surface area (Å²) in [6, 6.07) is 2.15. The number of nitrogens with one attached hydrogen (secondary N) is 1. The molecule has 1 atom stereocenters. The van der Waals surface area contributed by atoms with Gasteiger partial charge in [0, 0.05) is 12.6 Å². The second-order valence-corrected chi connectivity index (χ2v) is 4.29. The van der Waals surface area contributed by atoms with Crippen LogP contribution in [0.4, 0.5) is 0 Å². The fraction of sp³-hybridized carbons (Fsp3) is 0.818. The molecular formula is C11H18N2O2. The van der Waals surface area contributed by atoms with Crippen LogP contribution in [0.1, 0.15) is 39.0 Å². The number of nitrogens with zero attached hydrogens (tertiary/aromatic N) is 1. The molecule has 4 heteroatoms. The maximum absolute atomic E-state index is 11.8. The third kappa shape index (κ3) is 2.69. The minimum atomic E-state index is -0.756. The van der Waals surface area contributed by atoms with Crippen LogP contribution in [0.25, 0.3) is 0 Å². The molecule has 1 rings (SSSR count). The molecule has 0 heterocycles. The number of aliphatic hydroxyl groups is 1. The van der Waals surface area contributed by atoms with Crippen molar-refractivity contribution in [2.45, 2.75) is 45.1 Å². The van der Waals surface area contributed by atoms with Gasteiger partial charge in [0.2, 0.25) is 5.91 Å². The molecule has 1 aliphatic carbocycles. The van der Waals surface area contributed by atoms with E-state index in [4.69, 9.17) is 10.4 Å². The van der Waals surface area contributed by atoms with Gasteiger partial charge >= 0.3 is 0 Å². The molecule has 2 N–H and O–H groups in total. The number of hydrogen-bond acceptors (Lipinski definition) is 3. The Bertz CT molecular complexity index is 266. The molecule has 0 aliphatic heterocycles. The highest BCUT2D eigenvalue weighted by atomic mass is 16.2. The van der Waals surface area contributed by atoms with Gasteiger partial charge in [0.15, 0.2) is 0 Å². The van der Waals surface area contributed by atoms with Gasteiger partial charge in [0.25, 0.3) is 0 Å². The third-order valence-electron chi connectivity index (χ3n) is 3.03. The van der Waals surface area contributed by atoms with Gasteiger partial charge in [0.1, 0.15) is 5.41 Å². The molecule has 84 valence electrons. The van der Waals surface area contributed by atoms with Crippen LogP contribution in [0.2, 0.25) is 0 Å². The Hall–Kier alpha value is -1.08. The Kier molecular flexibility index (Phi) is 4.10. The predicted molar refractivity (Wildman–Crippen MR) is 55.8 cm³/mol. The number of carbonyl (C=O) groups is 1. The van der Waals surface area contributed by atoms with Gasteiger partial charge in [-0.15, -0.1) is 0 Å². The van der Waals surface area contributed by atoms with Gasteiger partial charge in [-0.2, -0.15) is 5.26 Å². The summed E-state index contributed by atoms with van der Waals surface area (Å²) in [6.45, 7) is 2.04. The van der Waals surface area contributed by atoms with E-state index in [9.17, 15) is 4.79 Å². The molecule has 1 aliphatic rings. The quantitative estimate of drug-likeness (QED) is 0.709. The van der Waals surface area contributed by atoms with E-state index >= 15 is 0 Å². The first-order valence-electron chi connectivity index (χ1n) is 5.48. The molecule has 0 spiro atoms. The van der Waals surface area contributed by atoms with E-state index in [1.165, 1.54) is 0 Å². The van der Waals surface area contributed by atoms with Crippen molar-refractivity contribution in [1.29, 1.82) is 5.26 Å². The van der Waals surface area contributed by atoms with Crippen LogP contribution in [0.5, 0.6) is 0 Å². The zero-order chi connectivity index (χ0) is 11.3. The van der Waals surface area contributed by atoms with Crippen LogP contribution in [0, 0.1) is 16.7 Å². The van der Waals surface area contributed by atoms with Crippen molar-refractivity contribution in [2.75, 3.05) is 6.61 Å². The van der Waals surface area contributed by atoms with E-state index < -0.39 is 5.41 Å². The van der Waals surface area contributed by atoms with Gasteiger partial charge in [-0.3, -0.25) is 4.79 Å². The molecule has 15 heavy (non-hydrogen) atoms. The van der Waals surface area contributed by atoms with Gasteiger partial charge in [0.05, 0.1) is 6.07 Å². The molecule has 0 bridgehead atoms. The highest BCUT2D eigenvalue weighted by Gasteiger charge is 2.44. The molecule has 1 saturated carbocycles. The van der Waals surface area contributed by atoms with Crippen molar-refractivity contribution in [1.82, 2.24) is 5.32 Å². The number of aliphatic hydroxyl groups excluding tert-OH is 1.